The van der Waals surface area contributed by atoms with E-state index in [2.05, 4.69) is 18.2 Å². The number of benzene rings is 1. The third kappa shape index (κ3) is 1.86. The van der Waals surface area contributed by atoms with Crippen molar-refractivity contribution in [2.75, 3.05) is 6.61 Å². The van der Waals surface area contributed by atoms with Crippen LogP contribution in [0.5, 0.6) is 5.75 Å². The Kier molecular flexibility index (Phi) is 1.99. The van der Waals surface area contributed by atoms with Crippen LogP contribution in [0.4, 0.5) is 0 Å². The van der Waals surface area contributed by atoms with Crippen molar-refractivity contribution >= 4 is 0 Å². The molecule has 1 aromatic carbocycles. The highest BCUT2D eigenvalue weighted by molar-refractivity contribution is 5.39. The molecule has 0 radical (unpaired) electrons. The van der Waals surface area contributed by atoms with Gasteiger partial charge in [0.1, 0.15) is 5.75 Å². The van der Waals surface area contributed by atoms with Gasteiger partial charge in [-0.3, -0.25) is 0 Å². The summed E-state index contributed by atoms with van der Waals surface area (Å²) in [4.78, 5) is 0. The molecule has 1 aromatic rings. The van der Waals surface area contributed by atoms with Gasteiger partial charge >= 0.3 is 0 Å². The van der Waals surface area contributed by atoms with Crippen molar-refractivity contribution in [2.24, 2.45) is 0 Å². The van der Waals surface area contributed by atoms with E-state index in [4.69, 9.17) is 4.74 Å². The minimum Gasteiger partial charge on any atom is -0.493 e. The van der Waals surface area contributed by atoms with E-state index in [1.165, 1.54) is 11.1 Å². The molecule has 1 aliphatic carbocycles. The molecule has 0 bridgehead atoms. The lowest BCUT2D eigenvalue weighted by Gasteiger charge is -2.08. The number of aryl methyl sites for hydroxylation is 1. The fraction of sp³-hybridized carbons (Fsp3) is 0.538. The minimum absolute atomic E-state index is 0.324. The molecule has 1 heterocycles. The zero-order chi connectivity index (χ0) is 10.3. The van der Waals surface area contributed by atoms with Gasteiger partial charge in [-0.2, -0.15) is 0 Å². The summed E-state index contributed by atoms with van der Waals surface area (Å²) in [5.41, 5.74) is 2.34. The van der Waals surface area contributed by atoms with Crippen LogP contribution in [0.1, 0.15) is 30.4 Å². The van der Waals surface area contributed by atoms with Gasteiger partial charge in [-0.05, 0) is 42.9 Å². The zero-order valence-electron chi connectivity index (χ0n) is 8.83. The number of rotatable bonds is 3. The number of aliphatic hydroxyl groups is 1. The Labute approximate surface area is 89.9 Å². The van der Waals surface area contributed by atoms with Crippen LogP contribution in [0.15, 0.2) is 18.2 Å². The maximum Gasteiger partial charge on any atom is 0.122 e. The first-order chi connectivity index (χ1) is 7.25. The minimum atomic E-state index is -0.324. The lowest BCUT2D eigenvalue weighted by atomic mass is 10.0. The highest BCUT2D eigenvalue weighted by Gasteiger charge is 2.39. The van der Waals surface area contributed by atoms with Crippen molar-refractivity contribution in [1.29, 1.82) is 0 Å². The Morgan fingerprint density at radius 1 is 1.33 bits per heavy atom. The Bertz CT molecular complexity index is 380. The van der Waals surface area contributed by atoms with E-state index in [0.717, 1.165) is 44.5 Å². The Balaban J connectivity index is 1.70. The maximum atomic E-state index is 9.76. The number of hydrogen-bond acceptors (Lipinski definition) is 2. The van der Waals surface area contributed by atoms with Crippen LogP contribution in [0.3, 0.4) is 0 Å². The fourth-order valence-electron chi connectivity index (χ4n) is 2.17. The van der Waals surface area contributed by atoms with Gasteiger partial charge in [0.15, 0.2) is 0 Å². The van der Waals surface area contributed by atoms with Gasteiger partial charge in [-0.25, -0.2) is 0 Å². The lowest BCUT2D eigenvalue weighted by molar-refractivity contribution is 0.140. The third-order valence-corrected chi connectivity index (χ3v) is 3.46. The second-order valence-electron chi connectivity index (χ2n) is 4.76. The van der Waals surface area contributed by atoms with Crippen molar-refractivity contribution in [1.82, 2.24) is 0 Å². The van der Waals surface area contributed by atoms with Gasteiger partial charge in [0.25, 0.3) is 0 Å². The van der Waals surface area contributed by atoms with Crippen LogP contribution in [0.2, 0.25) is 0 Å². The van der Waals surface area contributed by atoms with Crippen LogP contribution in [-0.4, -0.2) is 17.3 Å². The van der Waals surface area contributed by atoms with Crippen molar-refractivity contribution < 1.29 is 9.84 Å². The summed E-state index contributed by atoms with van der Waals surface area (Å²) in [7, 11) is 0. The Morgan fingerprint density at radius 3 is 3.00 bits per heavy atom. The second-order valence-corrected chi connectivity index (χ2v) is 4.76. The molecule has 80 valence electrons. The maximum absolute atomic E-state index is 9.76. The van der Waals surface area contributed by atoms with E-state index < -0.39 is 0 Å². The molecule has 1 fully saturated rings. The van der Waals surface area contributed by atoms with Gasteiger partial charge in [-0.1, -0.05) is 12.1 Å². The predicted molar refractivity (Wildman–Crippen MR) is 58.1 cm³/mol. The SMILES string of the molecule is OC1(CCc2ccc3c(c2)CCO3)CC1. The topological polar surface area (TPSA) is 29.5 Å². The molecular weight excluding hydrogens is 188 g/mol. The van der Waals surface area contributed by atoms with Crippen molar-refractivity contribution in [3.63, 3.8) is 0 Å². The molecule has 15 heavy (non-hydrogen) atoms. The number of fused-ring (bicyclic) bond motifs is 1. The molecule has 2 aliphatic rings. The highest BCUT2D eigenvalue weighted by Crippen LogP contribution is 2.39. The third-order valence-electron chi connectivity index (χ3n) is 3.46. The van der Waals surface area contributed by atoms with Gasteiger partial charge in [-0.15, -0.1) is 0 Å². The average Bonchev–Trinajstić information content (AvgIpc) is 2.80. The fourth-order valence-corrected chi connectivity index (χ4v) is 2.17. The van der Waals surface area contributed by atoms with E-state index in [-0.39, 0.29) is 5.60 Å². The standard InChI is InChI=1S/C13H16O2/c14-13(6-7-13)5-3-10-1-2-12-11(9-10)4-8-15-12/h1-2,9,14H,3-8H2. The molecule has 3 rings (SSSR count). The predicted octanol–water partition coefficient (Wildman–Crippen LogP) is 2.08. The normalized spacial score (nSPS) is 20.9. The smallest absolute Gasteiger partial charge is 0.122 e. The van der Waals surface area contributed by atoms with E-state index >= 15 is 0 Å². The van der Waals surface area contributed by atoms with Crippen molar-refractivity contribution in [3.05, 3.63) is 29.3 Å². The van der Waals surface area contributed by atoms with Gasteiger partial charge < -0.3 is 9.84 Å². The summed E-state index contributed by atoms with van der Waals surface area (Å²) in [6.07, 6.45) is 4.91. The average molecular weight is 204 g/mol. The summed E-state index contributed by atoms with van der Waals surface area (Å²) < 4.78 is 5.46. The largest absolute Gasteiger partial charge is 0.493 e. The van der Waals surface area contributed by atoms with Gasteiger partial charge in [0, 0.05) is 6.42 Å². The molecule has 2 nitrogen and oxygen atoms in total. The molecule has 0 spiro atoms. The molecule has 0 saturated heterocycles. The van der Waals surface area contributed by atoms with E-state index in [0.29, 0.717) is 0 Å². The molecule has 1 saturated carbocycles. The second kappa shape index (κ2) is 3.24. The Hall–Kier alpha value is -1.02. The first kappa shape index (κ1) is 9.22. The van der Waals surface area contributed by atoms with Crippen LogP contribution >= 0.6 is 0 Å². The lowest BCUT2D eigenvalue weighted by Crippen LogP contribution is -2.07. The summed E-state index contributed by atoms with van der Waals surface area (Å²) in [5.74, 6) is 1.05. The van der Waals surface area contributed by atoms with Crippen LogP contribution in [0.25, 0.3) is 0 Å². The molecule has 0 aromatic heterocycles. The van der Waals surface area contributed by atoms with Crippen LogP contribution in [0, 0.1) is 0 Å². The van der Waals surface area contributed by atoms with E-state index in [1.807, 2.05) is 0 Å². The Morgan fingerprint density at radius 2 is 2.20 bits per heavy atom. The van der Waals surface area contributed by atoms with Gasteiger partial charge in [0.2, 0.25) is 0 Å². The van der Waals surface area contributed by atoms with E-state index in [1.54, 1.807) is 0 Å². The summed E-state index contributed by atoms with van der Waals surface area (Å²) in [6.45, 7) is 0.822. The highest BCUT2D eigenvalue weighted by atomic mass is 16.5. The molecule has 2 heteroatoms. The summed E-state index contributed by atoms with van der Waals surface area (Å²) in [5, 5.41) is 9.76. The first-order valence-corrected chi connectivity index (χ1v) is 5.72. The van der Waals surface area contributed by atoms with Crippen LogP contribution in [-0.2, 0) is 12.8 Å². The van der Waals surface area contributed by atoms with Crippen molar-refractivity contribution in [2.45, 2.75) is 37.7 Å². The summed E-state index contributed by atoms with van der Waals surface area (Å²) in [6, 6.07) is 6.42. The molecule has 0 amide bonds. The van der Waals surface area contributed by atoms with Gasteiger partial charge in [0.05, 0.1) is 12.2 Å². The summed E-state index contributed by atoms with van der Waals surface area (Å²) >= 11 is 0. The molecule has 0 unspecified atom stereocenters. The van der Waals surface area contributed by atoms with Crippen LogP contribution < -0.4 is 4.74 Å². The molecule has 1 aliphatic heterocycles. The monoisotopic (exact) mass is 204 g/mol. The molecule has 0 atom stereocenters. The quantitative estimate of drug-likeness (QED) is 0.816. The first-order valence-electron chi connectivity index (χ1n) is 5.72. The van der Waals surface area contributed by atoms with Crippen molar-refractivity contribution in [3.8, 4) is 5.75 Å². The number of ether oxygens (including phenoxy) is 1. The zero-order valence-corrected chi connectivity index (χ0v) is 8.83. The van der Waals surface area contributed by atoms with E-state index in [9.17, 15) is 5.11 Å². The molecular formula is C13H16O2. The number of hydrogen-bond donors (Lipinski definition) is 1. The molecule has 1 N–H and O–H groups in total.